The molecule has 0 bridgehead atoms. The van der Waals surface area contributed by atoms with Crippen molar-refractivity contribution in [3.63, 3.8) is 0 Å². The van der Waals surface area contributed by atoms with E-state index in [4.69, 9.17) is 11.6 Å². The number of hydrogen-bond donors (Lipinski definition) is 0. The number of hydrogen-bond acceptors (Lipinski definition) is 2. The molecular weight excluding hydrogens is 300 g/mol. The molecule has 0 spiro atoms. The molecule has 0 aliphatic heterocycles. The number of unbranched alkanes of at least 4 members (excludes halogenated alkanes) is 1. The molecule has 1 rings (SSSR count). The third kappa shape index (κ3) is 4.13. The molecule has 0 amide bonds. The molecule has 2 nitrogen and oxygen atoms in total. The number of benzene rings is 1. The van der Waals surface area contributed by atoms with E-state index in [1.165, 1.54) is 6.07 Å². The summed E-state index contributed by atoms with van der Waals surface area (Å²) >= 11 is 9.01. The van der Waals surface area contributed by atoms with Gasteiger partial charge in [0.25, 0.3) is 0 Å². The van der Waals surface area contributed by atoms with Gasteiger partial charge in [0.1, 0.15) is 0 Å². The number of halogens is 2. The first-order valence-corrected chi connectivity index (χ1v) is 7.76. The van der Waals surface area contributed by atoms with E-state index in [9.17, 15) is 8.42 Å². The second kappa shape index (κ2) is 5.87. The predicted molar refractivity (Wildman–Crippen MR) is 66.5 cm³/mol. The molecule has 1 aromatic carbocycles. The van der Waals surface area contributed by atoms with Gasteiger partial charge >= 0.3 is 0 Å². The molecule has 0 unspecified atom stereocenters. The lowest BCUT2D eigenvalue weighted by Gasteiger charge is -2.03. The van der Waals surface area contributed by atoms with Crippen LogP contribution in [0.2, 0.25) is 5.02 Å². The average Bonchev–Trinajstić information content (AvgIpc) is 2.18. The minimum absolute atomic E-state index is 0.180. The van der Waals surface area contributed by atoms with Gasteiger partial charge < -0.3 is 0 Å². The quantitative estimate of drug-likeness (QED) is 0.618. The highest BCUT2D eigenvalue weighted by atomic mass is 79.9. The van der Waals surface area contributed by atoms with Gasteiger partial charge in [-0.3, -0.25) is 0 Å². The molecule has 0 saturated carbocycles. The van der Waals surface area contributed by atoms with Crippen LogP contribution in [0.1, 0.15) is 12.8 Å². The molecule has 0 aromatic heterocycles. The minimum atomic E-state index is -3.16. The third-order valence-electron chi connectivity index (χ3n) is 1.95. The summed E-state index contributed by atoms with van der Waals surface area (Å²) in [7, 11) is -3.16. The van der Waals surface area contributed by atoms with Crippen molar-refractivity contribution in [2.75, 3.05) is 11.1 Å². The van der Waals surface area contributed by atoms with Gasteiger partial charge in [-0.05, 0) is 31.0 Å². The molecule has 0 N–H and O–H groups in total. The second-order valence-corrected chi connectivity index (χ2v) is 6.51. The Morgan fingerprint density at radius 2 is 2.00 bits per heavy atom. The van der Waals surface area contributed by atoms with Crippen LogP contribution in [-0.2, 0) is 9.84 Å². The maximum Gasteiger partial charge on any atom is 0.178 e. The Morgan fingerprint density at radius 3 is 2.60 bits per heavy atom. The van der Waals surface area contributed by atoms with Crippen molar-refractivity contribution in [3.05, 3.63) is 29.3 Å². The van der Waals surface area contributed by atoms with Gasteiger partial charge in [0.15, 0.2) is 9.84 Å². The van der Waals surface area contributed by atoms with Crippen LogP contribution >= 0.6 is 27.5 Å². The predicted octanol–water partition coefficient (Wildman–Crippen LogP) is 3.29. The van der Waals surface area contributed by atoms with Crippen molar-refractivity contribution in [2.24, 2.45) is 0 Å². The van der Waals surface area contributed by atoms with E-state index in [2.05, 4.69) is 15.9 Å². The maximum atomic E-state index is 11.8. The first-order valence-electron chi connectivity index (χ1n) is 4.60. The molecule has 5 heteroatoms. The van der Waals surface area contributed by atoms with Crippen molar-refractivity contribution < 1.29 is 8.42 Å². The normalized spacial score (nSPS) is 11.6. The van der Waals surface area contributed by atoms with Gasteiger partial charge in [0, 0.05) is 10.4 Å². The van der Waals surface area contributed by atoms with Crippen LogP contribution in [0.4, 0.5) is 0 Å². The fourth-order valence-corrected chi connectivity index (χ4v) is 3.23. The average molecular weight is 312 g/mol. The third-order valence-corrected chi connectivity index (χ3v) is 4.55. The van der Waals surface area contributed by atoms with Gasteiger partial charge in [0.05, 0.1) is 10.6 Å². The number of rotatable bonds is 5. The highest BCUT2D eigenvalue weighted by Gasteiger charge is 2.13. The van der Waals surface area contributed by atoms with Crippen LogP contribution in [0.5, 0.6) is 0 Å². The smallest absolute Gasteiger partial charge is 0.178 e. The van der Waals surface area contributed by atoms with E-state index < -0.39 is 9.84 Å². The molecule has 84 valence electrons. The SMILES string of the molecule is O=S(=O)(CCCCBr)c1cccc(Cl)c1. The molecule has 0 aliphatic carbocycles. The molecule has 0 heterocycles. The monoisotopic (exact) mass is 310 g/mol. The van der Waals surface area contributed by atoms with Gasteiger partial charge in [-0.1, -0.05) is 33.6 Å². The van der Waals surface area contributed by atoms with Crippen molar-refractivity contribution in [2.45, 2.75) is 17.7 Å². The zero-order chi connectivity index (χ0) is 11.3. The summed E-state index contributed by atoms with van der Waals surface area (Å²) in [4.78, 5) is 0.310. The van der Waals surface area contributed by atoms with Gasteiger partial charge in [-0.2, -0.15) is 0 Å². The number of sulfone groups is 1. The standard InChI is InChI=1S/C10H12BrClO2S/c11-6-1-2-7-15(13,14)10-5-3-4-9(12)8-10/h3-5,8H,1-2,6-7H2. The molecule has 1 aromatic rings. The molecule has 0 aliphatic rings. The first kappa shape index (κ1) is 13.0. The Balaban J connectivity index is 2.77. The van der Waals surface area contributed by atoms with E-state index in [1.54, 1.807) is 18.2 Å². The molecule has 0 saturated heterocycles. The van der Waals surface area contributed by atoms with Crippen molar-refractivity contribution in [1.82, 2.24) is 0 Å². The summed E-state index contributed by atoms with van der Waals surface area (Å²) in [6.07, 6.45) is 1.53. The van der Waals surface area contributed by atoms with Gasteiger partial charge in [-0.15, -0.1) is 0 Å². The summed E-state index contributed by atoms with van der Waals surface area (Å²) in [5, 5.41) is 1.29. The summed E-state index contributed by atoms with van der Waals surface area (Å²) < 4.78 is 23.6. The van der Waals surface area contributed by atoms with Crippen molar-refractivity contribution >= 4 is 37.4 Å². The molecule has 0 atom stereocenters. The van der Waals surface area contributed by atoms with Crippen LogP contribution < -0.4 is 0 Å². The highest BCUT2D eigenvalue weighted by Crippen LogP contribution is 2.17. The van der Waals surface area contributed by atoms with E-state index in [1.807, 2.05) is 0 Å². The minimum Gasteiger partial charge on any atom is -0.224 e. The number of alkyl halides is 1. The Bertz CT molecular complexity index is 417. The second-order valence-electron chi connectivity index (χ2n) is 3.17. The highest BCUT2D eigenvalue weighted by molar-refractivity contribution is 9.09. The summed E-state index contributed by atoms with van der Waals surface area (Å²) in [6, 6.07) is 6.39. The van der Waals surface area contributed by atoms with Gasteiger partial charge in [-0.25, -0.2) is 8.42 Å². The van der Waals surface area contributed by atoms with E-state index >= 15 is 0 Å². The Kier molecular flexibility index (Phi) is 5.09. The summed E-state index contributed by atoms with van der Waals surface area (Å²) in [6.45, 7) is 0. The van der Waals surface area contributed by atoms with Crippen LogP contribution in [0.25, 0.3) is 0 Å². The van der Waals surface area contributed by atoms with Crippen molar-refractivity contribution in [1.29, 1.82) is 0 Å². The lowest BCUT2D eigenvalue weighted by atomic mass is 10.4. The Morgan fingerprint density at radius 1 is 1.27 bits per heavy atom. The van der Waals surface area contributed by atoms with Crippen LogP contribution in [0, 0.1) is 0 Å². The van der Waals surface area contributed by atoms with Crippen LogP contribution in [-0.4, -0.2) is 19.5 Å². The molecule has 0 fully saturated rings. The van der Waals surface area contributed by atoms with E-state index in [0.717, 1.165) is 11.8 Å². The molecule has 15 heavy (non-hydrogen) atoms. The fourth-order valence-electron chi connectivity index (χ4n) is 1.16. The van der Waals surface area contributed by atoms with E-state index in [-0.39, 0.29) is 5.75 Å². The largest absolute Gasteiger partial charge is 0.224 e. The Labute approximate surface area is 104 Å². The maximum absolute atomic E-state index is 11.8. The van der Waals surface area contributed by atoms with Crippen LogP contribution in [0.15, 0.2) is 29.2 Å². The summed E-state index contributed by atoms with van der Waals surface area (Å²) in [5.41, 5.74) is 0. The van der Waals surface area contributed by atoms with Gasteiger partial charge in [0.2, 0.25) is 0 Å². The summed E-state index contributed by atoms with van der Waals surface area (Å²) in [5.74, 6) is 0.180. The van der Waals surface area contributed by atoms with Crippen LogP contribution in [0.3, 0.4) is 0 Å². The first-order chi connectivity index (χ1) is 7.06. The molecular formula is C10H12BrClO2S. The van der Waals surface area contributed by atoms with E-state index in [0.29, 0.717) is 16.3 Å². The topological polar surface area (TPSA) is 34.1 Å². The fraction of sp³-hybridized carbons (Fsp3) is 0.400. The molecule has 0 radical (unpaired) electrons. The Hall–Kier alpha value is -0.0600. The zero-order valence-corrected chi connectivity index (χ0v) is 11.3. The zero-order valence-electron chi connectivity index (χ0n) is 8.12. The lowest BCUT2D eigenvalue weighted by molar-refractivity contribution is 0.593. The van der Waals surface area contributed by atoms with Crippen molar-refractivity contribution in [3.8, 4) is 0 Å². The lowest BCUT2D eigenvalue weighted by Crippen LogP contribution is -2.06.